The SMILES string of the molecule is COc1ccc2c(=O)cc(-c3ccc(OCc4ccccc4)cc3)oc2c1. The molecule has 3 aromatic carbocycles. The van der Waals surface area contributed by atoms with Crippen molar-refractivity contribution in [3.8, 4) is 22.8 Å². The standard InChI is InChI=1S/C23H18O4/c1-25-19-11-12-20-21(24)14-22(27-23(20)13-19)17-7-9-18(10-8-17)26-15-16-5-3-2-4-6-16/h2-14H,15H2,1H3. The molecule has 4 heteroatoms. The molecule has 4 nitrogen and oxygen atoms in total. The van der Waals surface area contributed by atoms with Crippen LogP contribution in [0.3, 0.4) is 0 Å². The van der Waals surface area contributed by atoms with Crippen molar-refractivity contribution in [2.45, 2.75) is 6.61 Å². The minimum absolute atomic E-state index is 0.0849. The van der Waals surface area contributed by atoms with Crippen LogP contribution < -0.4 is 14.9 Å². The largest absolute Gasteiger partial charge is 0.497 e. The zero-order valence-electron chi connectivity index (χ0n) is 14.8. The summed E-state index contributed by atoms with van der Waals surface area (Å²) in [5.74, 6) is 1.91. The molecule has 27 heavy (non-hydrogen) atoms. The van der Waals surface area contributed by atoms with Crippen molar-refractivity contribution < 1.29 is 13.9 Å². The summed E-state index contributed by atoms with van der Waals surface area (Å²) in [6.45, 7) is 0.505. The van der Waals surface area contributed by atoms with Gasteiger partial charge in [-0.05, 0) is 42.0 Å². The van der Waals surface area contributed by atoms with Gasteiger partial charge in [0.15, 0.2) is 5.43 Å². The molecule has 0 fully saturated rings. The van der Waals surface area contributed by atoms with E-state index in [2.05, 4.69) is 0 Å². The number of fused-ring (bicyclic) bond motifs is 1. The van der Waals surface area contributed by atoms with E-state index in [9.17, 15) is 4.79 Å². The number of rotatable bonds is 5. The van der Waals surface area contributed by atoms with E-state index in [-0.39, 0.29) is 5.43 Å². The highest BCUT2D eigenvalue weighted by molar-refractivity contribution is 5.80. The van der Waals surface area contributed by atoms with Crippen molar-refractivity contribution in [2.24, 2.45) is 0 Å². The van der Waals surface area contributed by atoms with Crippen LogP contribution in [0.4, 0.5) is 0 Å². The van der Waals surface area contributed by atoms with Crippen molar-refractivity contribution in [3.63, 3.8) is 0 Å². The van der Waals surface area contributed by atoms with Crippen molar-refractivity contribution in [1.29, 1.82) is 0 Å². The lowest BCUT2D eigenvalue weighted by Gasteiger charge is -2.08. The van der Waals surface area contributed by atoms with Crippen LogP contribution in [-0.2, 0) is 6.61 Å². The fourth-order valence-electron chi connectivity index (χ4n) is 2.86. The van der Waals surface area contributed by atoms with Crippen molar-refractivity contribution in [3.05, 3.63) is 94.6 Å². The molecule has 4 aromatic rings. The van der Waals surface area contributed by atoms with Gasteiger partial charge in [0.25, 0.3) is 0 Å². The molecule has 0 atom stereocenters. The second-order valence-corrected chi connectivity index (χ2v) is 6.14. The zero-order chi connectivity index (χ0) is 18.6. The maximum Gasteiger partial charge on any atom is 0.193 e. The van der Waals surface area contributed by atoms with Gasteiger partial charge in [0, 0.05) is 17.7 Å². The predicted molar refractivity (Wildman–Crippen MR) is 105 cm³/mol. The van der Waals surface area contributed by atoms with Crippen LogP contribution in [0.1, 0.15) is 5.56 Å². The molecule has 0 aliphatic heterocycles. The molecular weight excluding hydrogens is 340 g/mol. The van der Waals surface area contributed by atoms with Crippen molar-refractivity contribution >= 4 is 11.0 Å². The molecule has 0 radical (unpaired) electrons. The van der Waals surface area contributed by atoms with Crippen LogP contribution in [0.5, 0.6) is 11.5 Å². The molecule has 0 unspecified atom stereocenters. The Bertz CT molecular complexity index is 1110. The third kappa shape index (κ3) is 3.70. The number of ether oxygens (including phenoxy) is 2. The Morgan fingerprint density at radius 2 is 1.59 bits per heavy atom. The topological polar surface area (TPSA) is 48.7 Å². The second kappa shape index (κ2) is 7.38. The van der Waals surface area contributed by atoms with E-state index in [0.29, 0.717) is 29.1 Å². The molecule has 1 aromatic heterocycles. The van der Waals surface area contributed by atoms with Gasteiger partial charge in [0.05, 0.1) is 12.5 Å². The molecule has 0 aliphatic carbocycles. The first kappa shape index (κ1) is 16.9. The van der Waals surface area contributed by atoms with Crippen LogP contribution in [-0.4, -0.2) is 7.11 Å². The van der Waals surface area contributed by atoms with Gasteiger partial charge in [0.1, 0.15) is 29.4 Å². The summed E-state index contributed by atoms with van der Waals surface area (Å²) in [6, 6.07) is 24.2. The Morgan fingerprint density at radius 1 is 0.852 bits per heavy atom. The molecule has 0 spiro atoms. The Labute approximate surface area is 156 Å². The Balaban J connectivity index is 1.59. The second-order valence-electron chi connectivity index (χ2n) is 6.14. The summed E-state index contributed by atoms with van der Waals surface area (Å²) in [6.07, 6.45) is 0. The average molecular weight is 358 g/mol. The lowest BCUT2D eigenvalue weighted by Crippen LogP contribution is -2.00. The Hall–Kier alpha value is -3.53. The van der Waals surface area contributed by atoms with Gasteiger partial charge in [-0.2, -0.15) is 0 Å². The lowest BCUT2D eigenvalue weighted by molar-refractivity contribution is 0.306. The average Bonchev–Trinajstić information content (AvgIpc) is 2.73. The third-order valence-corrected chi connectivity index (χ3v) is 4.32. The minimum atomic E-state index is -0.0849. The minimum Gasteiger partial charge on any atom is -0.497 e. The monoisotopic (exact) mass is 358 g/mol. The molecule has 4 rings (SSSR count). The van der Waals surface area contributed by atoms with Gasteiger partial charge in [0.2, 0.25) is 0 Å². The van der Waals surface area contributed by atoms with Crippen LogP contribution in [0.25, 0.3) is 22.3 Å². The molecular formula is C23H18O4. The van der Waals surface area contributed by atoms with E-state index in [1.165, 1.54) is 6.07 Å². The number of methoxy groups -OCH3 is 1. The fourth-order valence-corrected chi connectivity index (χ4v) is 2.86. The number of benzene rings is 3. The first-order chi connectivity index (χ1) is 13.2. The van der Waals surface area contributed by atoms with Gasteiger partial charge < -0.3 is 13.9 Å². The van der Waals surface area contributed by atoms with E-state index in [4.69, 9.17) is 13.9 Å². The molecule has 0 saturated carbocycles. The number of hydrogen-bond donors (Lipinski definition) is 0. The normalized spacial score (nSPS) is 10.7. The van der Waals surface area contributed by atoms with Gasteiger partial charge in [-0.1, -0.05) is 30.3 Å². The van der Waals surface area contributed by atoms with Gasteiger partial charge in [-0.25, -0.2) is 0 Å². The quantitative estimate of drug-likeness (QED) is 0.501. The summed E-state index contributed by atoms with van der Waals surface area (Å²) in [4.78, 5) is 12.4. The fraction of sp³-hybridized carbons (Fsp3) is 0.0870. The molecule has 0 aliphatic rings. The van der Waals surface area contributed by atoms with E-state index < -0.39 is 0 Å². The lowest BCUT2D eigenvalue weighted by atomic mass is 10.1. The molecule has 134 valence electrons. The summed E-state index contributed by atoms with van der Waals surface area (Å²) in [7, 11) is 1.58. The van der Waals surface area contributed by atoms with E-state index in [1.807, 2.05) is 54.6 Å². The maximum atomic E-state index is 12.4. The summed E-state index contributed by atoms with van der Waals surface area (Å²) < 4.78 is 16.9. The maximum absolute atomic E-state index is 12.4. The first-order valence-corrected chi connectivity index (χ1v) is 8.62. The number of hydrogen-bond acceptors (Lipinski definition) is 4. The summed E-state index contributed by atoms with van der Waals surface area (Å²) >= 11 is 0. The molecule has 0 bridgehead atoms. The smallest absolute Gasteiger partial charge is 0.193 e. The highest BCUT2D eigenvalue weighted by atomic mass is 16.5. The molecule has 0 saturated heterocycles. The highest BCUT2D eigenvalue weighted by Gasteiger charge is 2.08. The van der Waals surface area contributed by atoms with Crippen LogP contribution in [0.15, 0.2) is 88.1 Å². The first-order valence-electron chi connectivity index (χ1n) is 8.62. The highest BCUT2D eigenvalue weighted by Crippen LogP contribution is 2.26. The van der Waals surface area contributed by atoms with Gasteiger partial charge in [-0.15, -0.1) is 0 Å². The Kier molecular flexibility index (Phi) is 4.62. The Morgan fingerprint density at radius 3 is 2.33 bits per heavy atom. The van der Waals surface area contributed by atoms with Crippen molar-refractivity contribution in [2.75, 3.05) is 7.11 Å². The predicted octanol–water partition coefficient (Wildman–Crippen LogP) is 5.05. The third-order valence-electron chi connectivity index (χ3n) is 4.32. The van der Waals surface area contributed by atoms with Gasteiger partial charge in [-0.3, -0.25) is 4.79 Å². The van der Waals surface area contributed by atoms with Crippen LogP contribution >= 0.6 is 0 Å². The molecule has 0 amide bonds. The molecule has 0 N–H and O–H groups in total. The van der Waals surface area contributed by atoms with E-state index >= 15 is 0 Å². The van der Waals surface area contributed by atoms with Crippen molar-refractivity contribution in [1.82, 2.24) is 0 Å². The van der Waals surface area contributed by atoms with E-state index in [0.717, 1.165) is 16.9 Å². The van der Waals surface area contributed by atoms with Crippen LogP contribution in [0.2, 0.25) is 0 Å². The van der Waals surface area contributed by atoms with E-state index in [1.54, 1.807) is 25.3 Å². The zero-order valence-corrected chi connectivity index (χ0v) is 14.8. The molecule has 1 heterocycles. The summed E-state index contributed by atoms with van der Waals surface area (Å²) in [5, 5.41) is 0.530. The van der Waals surface area contributed by atoms with Gasteiger partial charge >= 0.3 is 0 Å². The van der Waals surface area contributed by atoms with Crippen LogP contribution in [0, 0.1) is 0 Å². The summed E-state index contributed by atoms with van der Waals surface area (Å²) in [5.41, 5.74) is 2.33.